The Morgan fingerprint density at radius 3 is 2.76 bits per heavy atom. The third-order valence-electron chi connectivity index (χ3n) is 5.36. The van der Waals surface area contributed by atoms with Gasteiger partial charge in [-0.15, -0.1) is 5.10 Å². The van der Waals surface area contributed by atoms with Crippen LogP contribution in [0.5, 0.6) is 0 Å². The summed E-state index contributed by atoms with van der Waals surface area (Å²) in [5.74, 6) is 0.803. The Morgan fingerprint density at radius 1 is 1.00 bits per heavy atom. The van der Waals surface area contributed by atoms with Crippen molar-refractivity contribution in [2.75, 3.05) is 11.4 Å². The van der Waals surface area contributed by atoms with Gasteiger partial charge in [-0.3, -0.25) is 14.8 Å². The zero-order chi connectivity index (χ0) is 20.0. The SMILES string of the molecule is Cc1cccnc1-c1cnc2c(c1)CN(c1nn3c(=O)ccnc3cc1C)CC2. The summed E-state index contributed by atoms with van der Waals surface area (Å²) in [6.45, 7) is 5.55. The molecule has 0 amide bonds. The highest BCUT2D eigenvalue weighted by Gasteiger charge is 2.22. The number of rotatable bonds is 2. The Hall–Kier alpha value is -3.61. The van der Waals surface area contributed by atoms with Gasteiger partial charge in [-0.25, -0.2) is 4.98 Å². The molecule has 0 radical (unpaired) electrons. The minimum absolute atomic E-state index is 0.178. The highest BCUT2D eigenvalue weighted by atomic mass is 16.1. The Balaban J connectivity index is 1.54. The number of hydrogen-bond donors (Lipinski definition) is 0. The van der Waals surface area contributed by atoms with Crippen molar-refractivity contribution in [3.05, 3.63) is 81.7 Å². The Kier molecular flexibility index (Phi) is 4.08. The van der Waals surface area contributed by atoms with Crippen molar-refractivity contribution in [1.29, 1.82) is 0 Å². The minimum Gasteiger partial charge on any atom is -0.350 e. The molecule has 5 rings (SSSR count). The summed E-state index contributed by atoms with van der Waals surface area (Å²) < 4.78 is 1.36. The van der Waals surface area contributed by atoms with Gasteiger partial charge in [0, 0.05) is 55.4 Å². The second-order valence-corrected chi connectivity index (χ2v) is 7.37. The smallest absolute Gasteiger partial charge is 0.274 e. The normalized spacial score (nSPS) is 13.5. The van der Waals surface area contributed by atoms with Crippen molar-refractivity contribution in [3.8, 4) is 11.3 Å². The zero-order valence-electron chi connectivity index (χ0n) is 16.3. The van der Waals surface area contributed by atoms with Crippen molar-refractivity contribution in [2.45, 2.75) is 26.8 Å². The topological polar surface area (TPSA) is 76.3 Å². The van der Waals surface area contributed by atoms with Crippen LogP contribution in [0.3, 0.4) is 0 Å². The van der Waals surface area contributed by atoms with Gasteiger partial charge in [0.05, 0.1) is 5.69 Å². The molecule has 0 saturated heterocycles. The van der Waals surface area contributed by atoms with E-state index in [9.17, 15) is 4.79 Å². The molecular weight excluding hydrogens is 364 g/mol. The summed E-state index contributed by atoms with van der Waals surface area (Å²) in [5.41, 5.74) is 6.76. The van der Waals surface area contributed by atoms with Crippen LogP contribution in [-0.4, -0.2) is 31.1 Å². The van der Waals surface area contributed by atoms with Gasteiger partial charge in [-0.1, -0.05) is 6.07 Å². The van der Waals surface area contributed by atoms with E-state index in [1.54, 1.807) is 0 Å². The molecule has 0 aliphatic carbocycles. The van der Waals surface area contributed by atoms with Gasteiger partial charge in [-0.2, -0.15) is 4.52 Å². The molecule has 5 heterocycles. The summed E-state index contributed by atoms with van der Waals surface area (Å²) in [6.07, 6.45) is 6.07. The quantitative estimate of drug-likeness (QED) is 0.529. The third kappa shape index (κ3) is 3.04. The monoisotopic (exact) mass is 384 g/mol. The van der Waals surface area contributed by atoms with E-state index in [0.29, 0.717) is 12.2 Å². The second kappa shape index (κ2) is 6.77. The molecule has 0 fully saturated rings. The van der Waals surface area contributed by atoms with E-state index in [-0.39, 0.29) is 5.56 Å². The van der Waals surface area contributed by atoms with Crippen LogP contribution in [0.1, 0.15) is 22.4 Å². The fourth-order valence-electron chi connectivity index (χ4n) is 3.88. The Labute approximate surface area is 167 Å². The lowest BCUT2D eigenvalue weighted by atomic mass is 10.0. The van der Waals surface area contributed by atoms with Crippen molar-refractivity contribution in [3.63, 3.8) is 0 Å². The van der Waals surface area contributed by atoms with Crippen LogP contribution in [0.4, 0.5) is 5.82 Å². The van der Waals surface area contributed by atoms with Gasteiger partial charge < -0.3 is 4.90 Å². The zero-order valence-corrected chi connectivity index (χ0v) is 16.3. The van der Waals surface area contributed by atoms with E-state index >= 15 is 0 Å². The van der Waals surface area contributed by atoms with Crippen LogP contribution in [-0.2, 0) is 13.0 Å². The van der Waals surface area contributed by atoms with E-state index in [1.165, 1.54) is 22.3 Å². The molecule has 7 nitrogen and oxygen atoms in total. The number of nitrogens with zero attached hydrogens (tertiary/aromatic N) is 6. The number of fused-ring (bicyclic) bond motifs is 2. The first-order valence-corrected chi connectivity index (χ1v) is 9.60. The summed E-state index contributed by atoms with van der Waals surface area (Å²) in [7, 11) is 0. The number of pyridine rings is 2. The summed E-state index contributed by atoms with van der Waals surface area (Å²) in [5, 5.41) is 4.60. The molecule has 4 aromatic rings. The fraction of sp³-hybridized carbons (Fsp3) is 0.227. The molecule has 0 unspecified atom stereocenters. The van der Waals surface area contributed by atoms with E-state index in [1.807, 2.05) is 31.5 Å². The van der Waals surface area contributed by atoms with Crippen molar-refractivity contribution < 1.29 is 0 Å². The first-order valence-electron chi connectivity index (χ1n) is 9.60. The fourth-order valence-corrected chi connectivity index (χ4v) is 3.88. The van der Waals surface area contributed by atoms with Crippen LogP contribution in [0.15, 0.2) is 53.7 Å². The van der Waals surface area contributed by atoms with Crippen LogP contribution < -0.4 is 10.5 Å². The maximum Gasteiger partial charge on any atom is 0.274 e. The van der Waals surface area contributed by atoms with Crippen LogP contribution in [0, 0.1) is 13.8 Å². The molecule has 0 atom stereocenters. The van der Waals surface area contributed by atoms with Gasteiger partial charge in [0.15, 0.2) is 11.5 Å². The molecule has 29 heavy (non-hydrogen) atoms. The molecule has 0 N–H and O–H groups in total. The Bertz CT molecular complexity index is 1300. The van der Waals surface area contributed by atoms with E-state index in [0.717, 1.165) is 46.9 Å². The first kappa shape index (κ1) is 17.5. The summed E-state index contributed by atoms with van der Waals surface area (Å²) >= 11 is 0. The number of anilines is 1. The molecule has 0 spiro atoms. The molecule has 4 aromatic heterocycles. The van der Waals surface area contributed by atoms with Crippen molar-refractivity contribution in [2.24, 2.45) is 0 Å². The maximum absolute atomic E-state index is 12.2. The molecular formula is C22H20N6O. The highest BCUT2D eigenvalue weighted by molar-refractivity contribution is 5.63. The predicted octanol–water partition coefficient (Wildman–Crippen LogP) is 2.73. The van der Waals surface area contributed by atoms with Crippen molar-refractivity contribution in [1.82, 2.24) is 24.6 Å². The van der Waals surface area contributed by atoms with Crippen LogP contribution in [0.2, 0.25) is 0 Å². The number of aryl methyl sites for hydroxylation is 2. The average molecular weight is 384 g/mol. The third-order valence-corrected chi connectivity index (χ3v) is 5.36. The first-order chi connectivity index (χ1) is 14.1. The number of aromatic nitrogens is 5. The molecule has 1 aliphatic heterocycles. The molecule has 7 heteroatoms. The highest BCUT2D eigenvalue weighted by Crippen LogP contribution is 2.28. The summed E-state index contributed by atoms with van der Waals surface area (Å²) in [4.78, 5) is 27.8. The van der Waals surface area contributed by atoms with E-state index < -0.39 is 0 Å². The minimum atomic E-state index is -0.178. The van der Waals surface area contributed by atoms with E-state index in [2.05, 4.69) is 39.0 Å². The molecule has 0 aromatic carbocycles. The van der Waals surface area contributed by atoms with Gasteiger partial charge >= 0.3 is 0 Å². The molecule has 144 valence electrons. The summed E-state index contributed by atoms with van der Waals surface area (Å²) in [6, 6.07) is 9.51. The largest absolute Gasteiger partial charge is 0.350 e. The lowest BCUT2D eigenvalue weighted by Gasteiger charge is -2.30. The predicted molar refractivity (Wildman–Crippen MR) is 111 cm³/mol. The number of hydrogen-bond acceptors (Lipinski definition) is 6. The van der Waals surface area contributed by atoms with E-state index in [4.69, 9.17) is 4.98 Å². The van der Waals surface area contributed by atoms with Gasteiger partial charge in [0.2, 0.25) is 0 Å². The molecule has 1 aliphatic rings. The van der Waals surface area contributed by atoms with Gasteiger partial charge in [-0.05, 0) is 48.7 Å². The average Bonchev–Trinajstić information content (AvgIpc) is 2.73. The molecule has 0 bridgehead atoms. The van der Waals surface area contributed by atoms with Gasteiger partial charge in [0.1, 0.15) is 0 Å². The lowest BCUT2D eigenvalue weighted by molar-refractivity contribution is 0.685. The lowest BCUT2D eigenvalue weighted by Crippen LogP contribution is -2.33. The molecule has 0 saturated carbocycles. The maximum atomic E-state index is 12.2. The standard InChI is InChI=1S/C22H20N6O/c1-14-4-3-7-24-21(14)16-11-17-13-27(9-6-18(17)25-12-16)22-15(2)10-19-23-8-5-20(29)28(19)26-22/h3-5,7-8,10-12H,6,9,13H2,1-2H3. The Morgan fingerprint density at radius 2 is 1.90 bits per heavy atom. The van der Waals surface area contributed by atoms with Crippen LogP contribution >= 0.6 is 0 Å². The van der Waals surface area contributed by atoms with Crippen molar-refractivity contribution >= 4 is 11.5 Å². The van der Waals surface area contributed by atoms with Crippen LogP contribution in [0.25, 0.3) is 16.9 Å². The second-order valence-electron chi connectivity index (χ2n) is 7.37. The van der Waals surface area contributed by atoms with Gasteiger partial charge in [0.25, 0.3) is 5.56 Å².